The van der Waals surface area contributed by atoms with E-state index < -0.39 is 0 Å². The Kier molecular flexibility index (Phi) is 2.24. The average Bonchev–Trinajstić information content (AvgIpc) is 2.34. The number of amides is 1. The summed E-state index contributed by atoms with van der Waals surface area (Å²) >= 11 is 1.47. The Labute approximate surface area is 69.3 Å². The molecule has 2 N–H and O–H groups in total. The third-order valence-corrected chi connectivity index (χ3v) is 2.58. The van der Waals surface area contributed by atoms with Crippen molar-refractivity contribution in [2.45, 2.75) is 19.8 Å². The van der Waals surface area contributed by atoms with Gasteiger partial charge in [0.2, 0.25) is 5.91 Å². The third kappa shape index (κ3) is 1.77. The molecular weight excluding hydrogens is 160 g/mol. The summed E-state index contributed by atoms with van der Waals surface area (Å²) < 4.78 is 0. The Hall–Kier alpha value is -0.900. The molecule has 3 nitrogen and oxygen atoms in total. The van der Waals surface area contributed by atoms with Crippen LogP contribution < -0.4 is 5.73 Å². The van der Waals surface area contributed by atoms with Crippen molar-refractivity contribution < 1.29 is 4.79 Å². The highest BCUT2D eigenvalue weighted by Gasteiger charge is 2.14. The highest BCUT2D eigenvalue weighted by Crippen LogP contribution is 2.18. The second-order valence-corrected chi connectivity index (χ2v) is 3.34. The molecule has 4 heteroatoms. The van der Waals surface area contributed by atoms with Crippen LogP contribution in [0.2, 0.25) is 0 Å². The number of hydrogen-bond acceptors (Lipinski definition) is 3. The molecule has 0 saturated heterocycles. The molecule has 11 heavy (non-hydrogen) atoms. The lowest BCUT2D eigenvalue weighted by Crippen LogP contribution is -2.18. The Morgan fingerprint density at radius 3 is 2.82 bits per heavy atom. The highest BCUT2D eigenvalue weighted by atomic mass is 32.1. The maximum Gasteiger partial charge on any atom is 0.227 e. The molecule has 0 aliphatic rings. The monoisotopic (exact) mass is 170 g/mol. The number of hydrogen-bond donors (Lipinski definition) is 1. The predicted molar refractivity (Wildman–Crippen MR) is 44.5 cm³/mol. The number of primary amides is 1. The van der Waals surface area contributed by atoms with Crippen molar-refractivity contribution >= 4 is 17.2 Å². The number of nitrogens with two attached hydrogens (primary N) is 1. The van der Waals surface area contributed by atoms with Gasteiger partial charge in [0.1, 0.15) is 5.01 Å². The van der Waals surface area contributed by atoms with Gasteiger partial charge >= 0.3 is 0 Å². The van der Waals surface area contributed by atoms with Gasteiger partial charge in [-0.3, -0.25) is 4.79 Å². The molecule has 0 radical (unpaired) electrons. The van der Waals surface area contributed by atoms with E-state index in [9.17, 15) is 4.79 Å². The van der Waals surface area contributed by atoms with Gasteiger partial charge in [0, 0.05) is 11.1 Å². The average molecular weight is 170 g/mol. The van der Waals surface area contributed by atoms with Crippen LogP contribution in [0.5, 0.6) is 0 Å². The Morgan fingerprint density at radius 2 is 2.45 bits per heavy atom. The highest BCUT2D eigenvalue weighted by molar-refractivity contribution is 7.09. The number of nitrogens with zero attached hydrogens (tertiary/aromatic N) is 1. The maximum atomic E-state index is 10.7. The van der Waals surface area contributed by atoms with E-state index in [1.165, 1.54) is 11.3 Å². The van der Waals surface area contributed by atoms with Gasteiger partial charge in [-0.1, -0.05) is 0 Å². The molecule has 1 heterocycles. The van der Waals surface area contributed by atoms with Gasteiger partial charge in [-0.05, 0) is 13.8 Å². The van der Waals surface area contributed by atoms with Crippen LogP contribution in [0.15, 0.2) is 5.38 Å². The van der Waals surface area contributed by atoms with Gasteiger partial charge in [-0.25, -0.2) is 4.98 Å². The zero-order valence-electron chi connectivity index (χ0n) is 6.50. The number of thiazole rings is 1. The van der Waals surface area contributed by atoms with Gasteiger partial charge in [-0.2, -0.15) is 0 Å². The van der Waals surface area contributed by atoms with Crippen LogP contribution in [0.25, 0.3) is 0 Å². The van der Waals surface area contributed by atoms with Gasteiger partial charge in [0.25, 0.3) is 0 Å². The molecule has 1 rings (SSSR count). The minimum absolute atomic E-state index is 0.256. The third-order valence-electron chi connectivity index (χ3n) is 1.43. The van der Waals surface area contributed by atoms with Gasteiger partial charge in [0.05, 0.1) is 5.92 Å². The summed E-state index contributed by atoms with van der Waals surface area (Å²) in [5.74, 6) is -0.576. The molecule has 0 fully saturated rings. The first kappa shape index (κ1) is 8.20. The molecule has 1 aromatic rings. The van der Waals surface area contributed by atoms with Crippen molar-refractivity contribution in [3.63, 3.8) is 0 Å². The fraction of sp³-hybridized carbons (Fsp3) is 0.429. The summed E-state index contributed by atoms with van der Waals surface area (Å²) in [6, 6.07) is 0. The smallest absolute Gasteiger partial charge is 0.227 e. The summed E-state index contributed by atoms with van der Waals surface area (Å²) in [5.41, 5.74) is 6.05. The molecule has 1 unspecified atom stereocenters. The number of aryl methyl sites for hydroxylation is 1. The first-order valence-corrected chi connectivity index (χ1v) is 4.20. The molecule has 0 aliphatic heterocycles. The van der Waals surface area contributed by atoms with Gasteiger partial charge in [0.15, 0.2) is 0 Å². The molecule has 0 spiro atoms. The van der Waals surface area contributed by atoms with Crippen LogP contribution in [0.4, 0.5) is 0 Å². The standard InChI is InChI=1S/C7H10N2OS/c1-4-3-11-7(9-4)5(2)6(8)10/h3,5H,1-2H3,(H2,8,10). The molecule has 1 aromatic heterocycles. The van der Waals surface area contributed by atoms with Crippen molar-refractivity contribution in [3.05, 3.63) is 16.1 Å². The van der Waals surface area contributed by atoms with Gasteiger partial charge < -0.3 is 5.73 Å². The van der Waals surface area contributed by atoms with E-state index in [-0.39, 0.29) is 11.8 Å². The van der Waals surface area contributed by atoms with E-state index in [1.54, 1.807) is 6.92 Å². The van der Waals surface area contributed by atoms with E-state index in [4.69, 9.17) is 5.73 Å². The van der Waals surface area contributed by atoms with Crippen molar-refractivity contribution in [3.8, 4) is 0 Å². The van der Waals surface area contributed by atoms with E-state index in [0.29, 0.717) is 0 Å². The first-order chi connectivity index (χ1) is 5.11. The summed E-state index contributed by atoms with van der Waals surface area (Å²) in [5, 5.41) is 2.71. The zero-order chi connectivity index (χ0) is 8.43. The zero-order valence-corrected chi connectivity index (χ0v) is 7.31. The lowest BCUT2D eigenvalue weighted by molar-refractivity contribution is -0.119. The largest absolute Gasteiger partial charge is 0.369 e. The number of carbonyl (C=O) groups is 1. The number of carbonyl (C=O) groups excluding carboxylic acids is 1. The van der Waals surface area contributed by atoms with Crippen LogP contribution in [0, 0.1) is 6.92 Å². The van der Waals surface area contributed by atoms with Crippen molar-refractivity contribution in [1.82, 2.24) is 4.98 Å². The van der Waals surface area contributed by atoms with Crippen LogP contribution in [0.1, 0.15) is 23.5 Å². The minimum Gasteiger partial charge on any atom is -0.369 e. The van der Waals surface area contributed by atoms with Gasteiger partial charge in [-0.15, -0.1) is 11.3 Å². The lowest BCUT2D eigenvalue weighted by Gasteiger charge is -2.00. The molecule has 1 atom stereocenters. The number of rotatable bonds is 2. The fourth-order valence-corrected chi connectivity index (χ4v) is 1.55. The van der Waals surface area contributed by atoms with E-state index >= 15 is 0 Å². The molecule has 1 amide bonds. The van der Waals surface area contributed by atoms with Crippen LogP contribution >= 0.6 is 11.3 Å². The lowest BCUT2D eigenvalue weighted by atomic mass is 10.2. The normalized spacial score (nSPS) is 12.9. The first-order valence-electron chi connectivity index (χ1n) is 3.32. The minimum atomic E-state index is -0.320. The van der Waals surface area contributed by atoms with Crippen LogP contribution in [-0.4, -0.2) is 10.9 Å². The Balaban J connectivity index is 2.84. The summed E-state index contributed by atoms with van der Waals surface area (Å²) in [7, 11) is 0. The predicted octanol–water partition coefficient (Wildman–Crippen LogP) is 1.04. The molecule has 60 valence electrons. The van der Waals surface area contributed by atoms with Crippen molar-refractivity contribution in [2.24, 2.45) is 5.73 Å². The number of aromatic nitrogens is 1. The van der Waals surface area contributed by atoms with Crippen molar-refractivity contribution in [1.29, 1.82) is 0 Å². The Morgan fingerprint density at radius 1 is 1.82 bits per heavy atom. The summed E-state index contributed by atoms with van der Waals surface area (Å²) in [6.45, 7) is 3.66. The van der Waals surface area contributed by atoms with E-state index in [2.05, 4.69) is 4.98 Å². The van der Waals surface area contributed by atoms with Crippen LogP contribution in [0.3, 0.4) is 0 Å². The molecule has 0 bridgehead atoms. The molecule has 0 saturated carbocycles. The Bertz CT molecular complexity index is 269. The van der Waals surface area contributed by atoms with Crippen LogP contribution in [-0.2, 0) is 4.79 Å². The second kappa shape index (κ2) is 3.00. The quantitative estimate of drug-likeness (QED) is 0.721. The molecule has 0 aromatic carbocycles. The second-order valence-electron chi connectivity index (χ2n) is 2.45. The van der Waals surface area contributed by atoms with E-state index in [1.807, 2.05) is 12.3 Å². The maximum absolute atomic E-state index is 10.7. The SMILES string of the molecule is Cc1csc(C(C)C(N)=O)n1. The topological polar surface area (TPSA) is 56.0 Å². The van der Waals surface area contributed by atoms with E-state index in [0.717, 1.165) is 10.7 Å². The summed E-state index contributed by atoms with van der Waals surface area (Å²) in [4.78, 5) is 14.8. The van der Waals surface area contributed by atoms with Crippen molar-refractivity contribution in [2.75, 3.05) is 0 Å². The molecular formula is C7H10N2OS. The summed E-state index contributed by atoms with van der Waals surface area (Å²) in [6.07, 6.45) is 0. The molecule has 0 aliphatic carbocycles. The fourth-order valence-electron chi connectivity index (χ4n) is 0.693.